The molecule has 1 aliphatic rings. The number of benzene rings is 2. The fourth-order valence-electron chi connectivity index (χ4n) is 3.40. The monoisotopic (exact) mass is 392 g/mol. The molecule has 29 heavy (non-hydrogen) atoms. The minimum Gasteiger partial charge on any atom is -0.338 e. The van der Waals surface area contributed by atoms with E-state index in [2.05, 4.69) is 42.5 Å². The summed E-state index contributed by atoms with van der Waals surface area (Å²) in [7, 11) is 1.62. The third kappa shape index (κ3) is 4.65. The fraction of sp³-hybridized carbons (Fsp3) is 0.348. The fourth-order valence-corrected chi connectivity index (χ4v) is 3.40. The van der Waals surface area contributed by atoms with E-state index in [1.165, 1.54) is 21.0 Å². The van der Waals surface area contributed by atoms with Crippen LogP contribution >= 0.6 is 0 Å². The summed E-state index contributed by atoms with van der Waals surface area (Å²) in [6.07, 6.45) is 0.642. The molecule has 2 aromatic rings. The first kappa shape index (κ1) is 20.6. The van der Waals surface area contributed by atoms with E-state index in [0.717, 1.165) is 16.8 Å². The summed E-state index contributed by atoms with van der Waals surface area (Å²) in [5.41, 5.74) is 5.37. The van der Waals surface area contributed by atoms with E-state index in [-0.39, 0.29) is 24.5 Å². The number of hydrogen-bond donors (Lipinski definition) is 1. The summed E-state index contributed by atoms with van der Waals surface area (Å²) < 4.78 is 0. The number of carbonyl (C=O) groups is 2. The molecule has 152 valence electrons. The van der Waals surface area contributed by atoms with Crippen molar-refractivity contribution in [3.05, 3.63) is 70.8 Å². The van der Waals surface area contributed by atoms with Gasteiger partial charge in [0.1, 0.15) is 6.54 Å². The summed E-state index contributed by atoms with van der Waals surface area (Å²) in [4.78, 5) is 26.4. The number of nitrogens with zero attached hydrogens (tertiary/aromatic N) is 3. The number of nitrogens with one attached hydrogen (secondary N) is 1. The van der Waals surface area contributed by atoms with Gasteiger partial charge in [0.15, 0.2) is 0 Å². The highest BCUT2D eigenvalue weighted by molar-refractivity contribution is 6.03. The molecular weight excluding hydrogens is 364 g/mol. The van der Waals surface area contributed by atoms with Crippen LogP contribution in [0.5, 0.6) is 0 Å². The molecule has 3 rings (SSSR count). The van der Waals surface area contributed by atoms with E-state index in [0.29, 0.717) is 13.0 Å². The second kappa shape index (κ2) is 8.90. The molecule has 3 amide bonds. The van der Waals surface area contributed by atoms with E-state index in [9.17, 15) is 9.59 Å². The van der Waals surface area contributed by atoms with Crippen molar-refractivity contribution >= 4 is 17.6 Å². The van der Waals surface area contributed by atoms with E-state index in [1.54, 1.807) is 7.05 Å². The predicted octanol–water partition coefficient (Wildman–Crippen LogP) is 3.64. The normalized spacial score (nSPS) is 15.8. The van der Waals surface area contributed by atoms with Crippen LogP contribution in [0.15, 0.2) is 53.6 Å². The number of hydrazone groups is 1. The Hall–Kier alpha value is -3.15. The highest BCUT2D eigenvalue weighted by atomic mass is 16.2. The summed E-state index contributed by atoms with van der Waals surface area (Å²) >= 11 is 0. The molecule has 0 fully saturated rings. The van der Waals surface area contributed by atoms with Crippen LogP contribution in [-0.2, 0) is 4.79 Å². The van der Waals surface area contributed by atoms with Crippen LogP contribution in [0.3, 0.4) is 0 Å². The lowest BCUT2D eigenvalue weighted by Crippen LogP contribution is -2.43. The van der Waals surface area contributed by atoms with Crippen LogP contribution in [0.25, 0.3) is 0 Å². The van der Waals surface area contributed by atoms with Crippen LogP contribution in [0, 0.1) is 13.8 Å². The Morgan fingerprint density at radius 2 is 1.86 bits per heavy atom. The van der Waals surface area contributed by atoms with Crippen LogP contribution < -0.4 is 5.32 Å². The van der Waals surface area contributed by atoms with Crippen molar-refractivity contribution in [2.45, 2.75) is 33.2 Å². The predicted molar refractivity (Wildman–Crippen MR) is 115 cm³/mol. The Labute approximate surface area is 172 Å². The van der Waals surface area contributed by atoms with Crippen molar-refractivity contribution in [1.82, 2.24) is 15.2 Å². The number of urea groups is 1. The molecule has 0 saturated heterocycles. The summed E-state index contributed by atoms with van der Waals surface area (Å²) in [6, 6.07) is 15.7. The number of hydrogen-bond acceptors (Lipinski definition) is 3. The van der Waals surface area contributed by atoms with Gasteiger partial charge >= 0.3 is 6.03 Å². The van der Waals surface area contributed by atoms with Gasteiger partial charge < -0.3 is 10.2 Å². The molecule has 1 atom stereocenters. The second-order valence-electron chi connectivity index (χ2n) is 7.41. The van der Waals surface area contributed by atoms with Gasteiger partial charge in [-0.2, -0.15) is 5.10 Å². The highest BCUT2D eigenvalue weighted by Crippen LogP contribution is 2.33. The molecule has 0 spiro atoms. The number of rotatable bonds is 5. The van der Waals surface area contributed by atoms with E-state index in [4.69, 9.17) is 0 Å². The first-order valence-electron chi connectivity index (χ1n) is 9.91. The molecule has 0 saturated carbocycles. The zero-order valence-electron chi connectivity index (χ0n) is 17.5. The van der Waals surface area contributed by atoms with E-state index >= 15 is 0 Å². The van der Waals surface area contributed by atoms with Gasteiger partial charge in [-0.05, 0) is 49.1 Å². The standard InChI is InChI=1S/C23H28N4O2/c1-5-24-23(29)26(4)15-22(28)27-21(18-9-7-6-8-10-18)14-20(25-27)19-12-11-16(2)17(3)13-19/h6-13,21H,5,14-15H2,1-4H3,(H,24,29)/t21-/m1/s1. The molecule has 6 heteroatoms. The first-order chi connectivity index (χ1) is 13.9. The zero-order chi connectivity index (χ0) is 21.0. The molecule has 1 heterocycles. The van der Waals surface area contributed by atoms with Crippen molar-refractivity contribution in [3.63, 3.8) is 0 Å². The van der Waals surface area contributed by atoms with Gasteiger partial charge in [-0.3, -0.25) is 4.79 Å². The maximum absolute atomic E-state index is 13.0. The van der Waals surface area contributed by atoms with Crippen LogP contribution in [0.2, 0.25) is 0 Å². The summed E-state index contributed by atoms with van der Waals surface area (Å²) in [5.74, 6) is -0.202. The van der Waals surface area contributed by atoms with Crippen LogP contribution in [-0.4, -0.2) is 47.7 Å². The van der Waals surface area contributed by atoms with E-state index in [1.807, 2.05) is 37.3 Å². The maximum Gasteiger partial charge on any atom is 0.317 e. The van der Waals surface area contributed by atoms with Crippen molar-refractivity contribution < 1.29 is 9.59 Å². The lowest BCUT2D eigenvalue weighted by Gasteiger charge is -2.25. The molecule has 0 aromatic heterocycles. The lowest BCUT2D eigenvalue weighted by molar-refractivity contribution is -0.133. The largest absolute Gasteiger partial charge is 0.338 e. The molecule has 1 N–H and O–H groups in total. The Balaban J connectivity index is 1.88. The molecule has 1 aliphatic heterocycles. The average molecular weight is 393 g/mol. The molecule has 2 aromatic carbocycles. The van der Waals surface area contributed by atoms with Crippen LogP contribution in [0.4, 0.5) is 4.79 Å². The van der Waals surface area contributed by atoms with Crippen molar-refractivity contribution in [2.24, 2.45) is 5.10 Å². The van der Waals surface area contributed by atoms with Gasteiger partial charge in [-0.1, -0.05) is 42.5 Å². The number of likely N-dealkylation sites (N-methyl/N-ethyl adjacent to an activating group) is 1. The smallest absolute Gasteiger partial charge is 0.317 e. The lowest BCUT2D eigenvalue weighted by atomic mass is 9.96. The molecular formula is C23H28N4O2. The van der Waals surface area contributed by atoms with Crippen molar-refractivity contribution in [3.8, 4) is 0 Å². The minimum atomic E-state index is -0.269. The second-order valence-corrected chi connectivity index (χ2v) is 7.41. The van der Waals surface area contributed by atoms with Crippen molar-refractivity contribution in [1.29, 1.82) is 0 Å². The van der Waals surface area contributed by atoms with E-state index < -0.39 is 0 Å². The van der Waals surface area contributed by atoms with Crippen molar-refractivity contribution in [2.75, 3.05) is 20.1 Å². The van der Waals surface area contributed by atoms with Crippen LogP contribution in [0.1, 0.15) is 41.6 Å². The minimum absolute atomic E-state index is 0.0289. The Bertz CT molecular complexity index is 924. The third-order valence-electron chi connectivity index (χ3n) is 5.24. The summed E-state index contributed by atoms with van der Waals surface area (Å²) in [5, 5.41) is 8.94. The van der Waals surface area contributed by atoms with Gasteiger partial charge in [-0.25, -0.2) is 9.80 Å². The Morgan fingerprint density at radius 3 is 2.52 bits per heavy atom. The SMILES string of the molecule is CCNC(=O)N(C)CC(=O)N1N=C(c2ccc(C)c(C)c2)C[C@@H]1c1ccccc1. The van der Waals surface area contributed by atoms with Gasteiger partial charge in [0.25, 0.3) is 5.91 Å². The number of amides is 3. The molecule has 0 unspecified atom stereocenters. The quantitative estimate of drug-likeness (QED) is 0.844. The Kier molecular flexibility index (Phi) is 6.32. The van der Waals surface area contributed by atoms with Gasteiger partial charge in [-0.15, -0.1) is 0 Å². The highest BCUT2D eigenvalue weighted by Gasteiger charge is 2.33. The topological polar surface area (TPSA) is 65.0 Å². The molecule has 6 nitrogen and oxygen atoms in total. The molecule has 0 bridgehead atoms. The number of carbonyl (C=O) groups excluding carboxylic acids is 2. The molecule has 0 radical (unpaired) electrons. The maximum atomic E-state index is 13.0. The first-order valence-corrected chi connectivity index (χ1v) is 9.91. The molecule has 0 aliphatic carbocycles. The number of aryl methyl sites for hydroxylation is 2. The average Bonchev–Trinajstić information content (AvgIpc) is 3.16. The third-order valence-corrected chi connectivity index (χ3v) is 5.24. The van der Waals surface area contributed by atoms with Gasteiger partial charge in [0.05, 0.1) is 11.8 Å². The zero-order valence-corrected chi connectivity index (χ0v) is 17.5. The van der Waals surface area contributed by atoms with Gasteiger partial charge in [0, 0.05) is 20.0 Å². The summed E-state index contributed by atoms with van der Waals surface area (Å²) in [6.45, 7) is 6.49. The Morgan fingerprint density at radius 1 is 1.14 bits per heavy atom. The van der Waals surface area contributed by atoms with Gasteiger partial charge in [0.2, 0.25) is 0 Å².